The van der Waals surface area contributed by atoms with Gasteiger partial charge in [0.25, 0.3) is 0 Å². The minimum Gasteiger partial charge on any atom is -0.748 e. The van der Waals surface area contributed by atoms with Gasteiger partial charge >= 0.3 is 41.5 Å². The van der Waals surface area contributed by atoms with Crippen molar-refractivity contribution >= 4 is 34.2 Å². The van der Waals surface area contributed by atoms with Gasteiger partial charge in [0.05, 0.1) is 29.0 Å². The summed E-state index contributed by atoms with van der Waals surface area (Å²) in [7, 11) is -4.06. The van der Waals surface area contributed by atoms with Crippen molar-refractivity contribution in [2.24, 2.45) is 15.7 Å². The smallest absolute Gasteiger partial charge is 0.748 e. The number of nitrogens with zero attached hydrogens (tertiary/aromatic N) is 2. The zero-order valence-electron chi connectivity index (χ0n) is 27.9. The van der Waals surface area contributed by atoms with Crippen LogP contribution >= 0.6 is 0 Å². The molecule has 0 aliphatic rings. The number of hydrogen-bond acceptors (Lipinski definition) is 15. The van der Waals surface area contributed by atoms with E-state index in [-0.39, 0.29) is 81.1 Å². The molecule has 0 aromatic heterocycles. The van der Waals surface area contributed by atoms with Crippen molar-refractivity contribution in [1.82, 2.24) is 5.32 Å². The molecule has 0 bridgehead atoms. The number of hydrogen-bond donors (Lipinski definition) is 8. The monoisotopic (exact) mass is 712 g/mol. The van der Waals surface area contributed by atoms with E-state index in [4.69, 9.17) is 36.4 Å². The van der Waals surface area contributed by atoms with Crippen molar-refractivity contribution in [3.8, 4) is 0 Å². The quantitative estimate of drug-likeness (QED) is 0.0157. The second kappa shape index (κ2) is 53.8. The molecule has 0 aromatic carbocycles. The van der Waals surface area contributed by atoms with Crippen LogP contribution in [-0.4, -0.2) is 133 Å². The molecule has 0 amide bonds. The summed E-state index contributed by atoms with van der Waals surface area (Å²) in [5.41, 5.74) is 5.09. The first-order valence-electron chi connectivity index (χ1n) is 15.2. The molecule has 0 fully saturated rings. The zero-order chi connectivity index (χ0) is 36.2. The summed E-state index contributed by atoms with van der Waals surface area (Å²) in [5, 5.41) is 51.7. The molecule has 0 spiro atoms. The van der Waals surface area contributed by atoms with Gasteiger partial charge in [-0.25, -0.2) is 28.0 Å². The van der Waals surface area contributed by atoms with Crippen LogP contribution in [-0.2, 0) is 29.3 Å². The number of carbonyl (C=O) groups excluding carboxylic acids is 2. The minimum absolute atomic E-state index is 0. The molecular formula is C28H57N4NaO13S. The molecule has 0 radical (unpaired) electrons. The molecule has 19 heteroatoms. The van der Waals surface area contributed by atoms with Crippen LogP contribution in [0.15, 0.2) is 9.98 Å². The van der Waals surface area contributed by atoms with E-state index in [1.54, 1.807) is 0 Å². The molecule has 0 atom stereocenters. The fraction of sp³-hybridized carbons (Fsp3) is 0.857. The van der Waals surface area contributed by atoms with Crippen LogP contribution in [0.25, 0.3) is 0 Å². The van der Waals surface area contributed by atoms with Gasteiger partial charge in [0.15, 0.2) is 0 Å². The largest absolute Gasteiger partial charge is 1.00 e. The second-order valence-electron chi connectivity index (χ2n) is 9.17. The Morgan fingerprint density at radius 3 is 1.26 bits per heavy atom. The SMILES string of the molecule is NCCNCCS(=O)(=O)[O-].O=C(O)CCCCC(=O)O.O=C=NCCCCCCN=C=O.OCCCCCCO.OCCCCO.[Na+]. The summed E-state index contributed by atoms with van der Waals surface area (Å²) in [5.74, 6) is -2.11. The maximum atomic E-state index is 9.97. The molecule has 0 aliphatic carbocycles. The maximum absolute atomic E-state index is 9.97. The molecule has 0 unspecified atom stereocenters. The van der Waals surface area contributed by atoms with Crippen molar-refractivity contribution in [3.05, 3.63) is 0 Å². The number of isocyanates is 2. The van der Waals surface area contributed by atoms with Crippen LogP contribution in [0.1, 0.15) is 89.9 Å². The van der Waals surface area contributed by atoms with E-state index in [1.807, 2.05) is 0 Å². The van der Waals surface area contributed by atoms with E-state index in [0.29, 0.717) is 39.0 Å². The Labute approximate surface area is 301 Å². The Kier molecular flexibility index (Phi) is 66.0. The number of nitrogens with two attached hydrogens (primary N) is 1. The topological polar surface area (TPSA) is 310 Å². The van der Waals surface area contributed by atoms with E-state index in [2.05, 4.69) is 15.3 Å². The van der Waals surface area contributed by atoms with Gasteiger partial charge in [-0.05, 0) is 51.4 Å². The average Bonchev–Trinajstić information content (AvgIpc) is 3.01. The van der Waals surface area contributed by atoms with E-state index in [1.165, 1.54) is 12.2 Å². The Morgan fingerprint density at radius 1 is 0.638 bits per heavy atom. The normalized spacial score (nSPS) is 9.40. The number of aliphatic carboxylic acids is 2. The molecule has 47 heavy (non-hydrogen) atoms. The number of nitrogens with one attached hydrogen (secondary N) is 1. The van der Waals surface area contributed by atoms with Crippen LogP contribution in [0.4, 0.5) is 0 Å². The first-order chi connectivity index (χ1) is 21.9. The summed E-state index contributed by atoms with van der Waals surface area (Å²) >= 11 is 0. The van der Waals surface area contributed by atoms with Crippen molar-refractivity contribution in [3.63, 3.8) is 0 Å². The molecule has 274 valence electrons. The third kappa shape index (κ3) is 92.3. The third-order valence-electron chi connectivity index (χ3n) is 4.93. The van der Waals surface area contributed by atoms with E-state index in [0.717, 1.165) is 64.2 Å². The summed E-state index contributed by atoms with van der Waals surface area (Å²) in [6.45, 7) is 3.23. The molecule has 9 N–H and O–H groups in total. The van der Waals surface area contributed by atoms with Crippen LogP contribution in [0, 0.1) is 0 Å². The van der Waals surface area contributed by atoms with Crippen molar-refractivity contribution in [2.45, 2.75) is 89.9 Å². The number of carbonyl (C=O) groups is 2. The fourth-order valence-electron chi connectivity index (χ4n) is 2.60. The first-order valence-corrected chi connectivity index (χ1v) is 16.8. The number of rotatable bonds is 25. The van der Waals surface area contributed by atoms with E-state index < -0.39 is 22.1 Å². The van der Waals surface area contributed by atoms with Gasteiger partial charge in [-0.3, -0.25) is 9.59 Å². The molecular weight excluding hydrogens is 655 g/mol. The molecule has 0 aliphatic heterocycles. The predicted molar refractivity (Wildman–Crippen MR) is 171 cm³/mol. The van der Waals surface area contributed by atoms with Crippen molar-refractivity contribution in [1.29, 1.82) is 0 Å². The van der Waals surface area contributed by atoms with Gasteiger partial charge in [0.1, 0.15) is 0 Å². The molecule has 0 heterocycles. The first kappa shape index (κ1) is 57.6. The third-order valence-corrected chi connectivity index (χ3v) is 5.64. The number of aliphatic hydroxyl groups is 4. The molecule has 0 rings (SSSR count). The number of carboxylic acids is 2. The molecule has 0 saturated carbocycles. The number of aliphatic imine (C=N–C) groups is 2. The Balaban J connectivity index is -0.000000113. The summed E-state index contributed by atoms with van der Waals surface area (Å²) in [4.78, 5) is 45.9. The van der Waals surface area contributed by atoms with Gasteiger partial charge in [0.2, 0.25) is 12.2 Å². The van der Waals surface area contributed by atoms with E-state index >= 15 is 0 Å². The van der Waals surface area contributed by atoms with Crippen LogP contribution in [0.5, 0.6) is 0 Å². The van der Waals surface area contributed by atoms with E-state index in [9.17, 15) is 32.1 Å². The fourth-order valence-corrected chi connectivity index (χ4v) is 3.00. The van der Waals surface area contributed by atoms with Gasteiger partial charge in [-0.15, -0.1) is 0 Å². The molecule has 17 nitrogen and oxygen atoms in total. The minimum atomic E-state index is -4.06. The number of aliphatic hydroxyl groups excluding tert-OH is 4. The van der Waals surface area contributed by atoms with Crippen molar-refractivity contribution in [2.75, 3.05) is 64.9 Å². The van der Waals surface area contributed by atoms with Crippen LogP contribution in [0.2, 0.25) is 0 Å². The van der Waals surface area contributed by atoms with Crippen LogP contribution < -0.4 is 40.6 Å². The Hall–Kier alpha value is -1.63. The number of carboxylic acid groups (broad SMARTS) is 2. The Morgan fingerprint density at radius 2 is 0.979 bits per heavy atom. The average molecular weight is 713 g/mol. The standard InChI is InChI=1S/C8H12N2O2.C6H10O4.C6H14O2.C4H12N2O3S.C4H10O2.Na/c11-7-9-5-3-1-2-4-6-10-8-12;7-5(8)3-1-2-4-6(9)10;7-5-3-1-2-4-6-8;5-1-2-6-3-4-10(7,8)9;5-3-1-2-4-6;/h1-6H2;1-4H2,(H,7,8)(H,9,10);7-8H,1-6H2;6H,1-5H2,(H,7,8,9);5-6H,1-4H2;/q;;;;;+1/p-1. The van der Waals surface area contributed by atoms with Crippen LogP contribution in [0.3, 0.4) is 0 Å². The number of unbranched alkanes of at least 4 members (excludes halogenated alkanes) is 8. The maximum Gasteiger partial charge on any atom is 1.00 e. The predicted octanol–water partition coefficient (Wildman–Crippen LogP) is -2.70. The van der Waals surface area contributed by atoms with Gasteiger partial charge in [-0.2, -0.15) is 0 Å². The Bertz CT molecular complexity index is 796. The van der Waals surface area contributed by atoms with Gasteiger partial charge in [-0.1, -0.05) is 25.7 Å². The van der Waals surface area contributed by atoms with Gasteiger partial charge in [0, 0.05) is 58.9 Å². The molecule has 0 aromatic rings. The summed E-state index contributed by atoms with van der Waals surface area (Å²) in [6, 6.07) is 0. The molecule has 0 saturated heterocycles. The second-order valence-corrected chi connectivity index (χ2v) is 10.7. The van der Waals surface area contributed by atoms with Gasteiger partial charge < -0.3 is 46.2 Å². The zero-order valence-corrected chi connectivity index (χ0v) is 30.7. The summed E-state index contributed by atoms with van der Waals surface area (Å²) < 4.78 is 29.9. The summed E-state index contributed by atoms with van der Waals surface area (Å²) in [6.07, 6.45) is 13.1. The van der Waals surface area contributed by atoms with Crippen molar-refractivity contribution < 1.29 is 92.3 Å².